The summed E-state index contributed by atoms with van der Waals surface area (Å²) in [5, 5.41) is 0. The van der Waals surface area contributed by atoms with Crippen molar-refractivity contribution >= 4 is 16.9 Å². The van der Waals surface area contributed by atoms with Gasteiger partial charge in [-0.05, 0) is 49.2 Å². The van der Waals surface area contributed by atoms with Crippen LogP contribution in [0.1, 0.15) is 24.5 Å². The first-order chi connectivity index (χ1) is 12.8. The van der Waals surface area contributed by atoms with Gasteiger partial charge in [-0.25, -0.2) is 15.0 Å². The number of nitrogen functional groups attached to an aromatic ring is 1. The zero-order valence-electron chi connectivity index (χ0n) is 14.0. The van der Waals surface area contributed by atoms with E-state index in [0.717, 1.165) is 33.9 Å². The summed E-state index contributed by atoms with van der Waals surface area (Å²) in [6.45, 7) is 0. The van der Waals surface area contributed by atoms with Crippen molar-refractivity contribution in [2.75, 3.05) is 5.73 Å². The maximum atomic E-state index is 5.97. The zero-order chi connectivity index (χ0) is 17.5. The molecule has 1 aliphatic rings. The molecule has 26 heavy (non-hydrogen) atoms. The van der Waals surface area contributed by atoms with Crippen LogP contribution >= 0.6 is 0 Å². The van der Waals surface area contributed by atoms with Gasteiger partial charge in [-0.1, -0.05) is 6.07 Å². The van der Waals surface area contributed by atoms with E-state index in [1.54, 1.807) is 6.20 Å². The van der Waals surface area contributed by atoms with Crippen molar-refractivity contribution in [1.82, 2.24) is 24.9 Å². The highest BCUT2D eigenvalue weighted by atomic mass is 14.9. The van der Waals surface area contributed by atoms with Crippen molar-refractivity contribution < 1.29 is 0 Å². The monoisotopic (exact) mass is 340 g/mol. The first-order valence-electron chi connectivity index (χ1n) is 8.59. The summed E-state index contributed by atoms with van der Waals surface area (Å²) >= 11 is 0. The number of nitrogens with two attached hydrogens (primary N) is 1. The van der Waals surface area contributed by atoms with Crippen molar-refractivity contribution in [2.45, 2.75) is 18.8 Å². The average Bonchev–Trinajstić information content (AvgIpc) is 3.54. The van der Waals surface area contributed by atoms with Crippen LogP contribution in [0.3, 0.4) is 0 Å². The van der Waals surface area contributed by atoms with Crippen molar-refractivity contribution in [1.29, 1.82) is 0 Å². The Morgan fingerprint density at radius 2 is 1.77 bits per heavy atom. The SMILES string of the molecule is Nc1ncnc2ccc(-c3cccnc3-c3cccc(C4CC4)n3)nc12. The zero-order valence-corrected chi connectivity index (χ0v) is 14.0. The molecule has 0 aromatic carbocycles. The normalized spacial score (nSPS) is 13.8. The molecule has 5 rings (SSSR count). The van der Waals surface area contributed by atoms with Crippen LogP contribution in [0.2, 0.25) is 0 Å². The predicted molar refractivity (Wildman–Crippen MR) is 100 cm³/mol. The molecule has 1 saturated carbocycles. The molecule has 4 aromatic heterocycles. The van der Waals surface area contributed by atoms with Crippen LogP contribution < -0.4 is 5.73 Å². The first kappa shape index (κ1) is 14.9. The maximum Gasteiger partial charge on any atom is 0.153 e. The number of hydrogen-bond acceptors (Lipinski definition) is 6. The van der Waals surface area contributed by atoms with E-state index < -0.39 is 0 Å². The lowest BCUT2D eigenvalue weighted by atomic mass is 10.1. The number of nitrogens with zero attached hydrogens (tertiary/aromatic N) is 5. The van der Waals surface area contributed by atoms with Gasteiger partial charge in [-0.3, -0.25) is 9.97 Å². The molecule has 1 fully saturated rings. The Bertz CT molecular complexity index is 1120. The van der Waals surface area contributed by atoms with Gasteiger partial charge in [0.25, 0.3) is 0 Å². The Kier molecular flexibility index (Phi) is 3.35. The molecule has 2 N–H and O–H groups in total. The van der Waals surface area contributed by atoms with Gasteiger partial charge in [0.05, 0.1) is 22.6 Å². The van der Waals surface area contributed by atoms with Gasteiger partial charge in [0.15, 0.2) is 5.82 Å². The van der Waals surface area contributed by atoms with Gasteiger partial charge >= 0.3 is 0 Å². The Morgan fingerprint density at radius 3 is 2.65 bits per heavy atom. The Hall–Kier alpha value is -3.41. The molecule has 0 aliphatic heterocycles. The molecular weight excluding hydrogens is 324 g/mol. The number of anilines is 1. The molecule has 4 heterocycles. The number of pyridine rings is 3. The molecule has 1 aliphatic carbocycles. The molecule has 126 valence electrons. The van der Waals surface area contributed by atoms with Crippen molar-refractivity contribution in [3.05, 3.63) is 60.7 Å². The Balaban J connectivity index is 1.67. The smallest absolute Gasteiger partial charge is 0.153 e. The molecule has 0 amide bonds. The van der Waals surface area contributed by atoms with E-state index in [2.05, 4.69) is 26.0 Å². The molecule has 6 heteroatoms. The van der Waals surface area contributed by atoms with Crippen LogP contribution in [0.5, 0.6) is 0 Å². The number of fused-ring (bicyclic) bond motifs is 1. The molecule has 0 saturated heterocycles. The average molecular weight is 340 g/mol. The fourth-order valence-corrected chi connectivity index (χ4v) is 3.11. The van der Waals surface area contributed by atoms with Crippen LogP contribution in [0.15, 0.2) is 55.0 Å². The van der Waals surface area contributed by atoms with Crippen LogP contribution in [0.4, 0.5) is 5.82 Å². The first-order valence-corrected chi connectivity index (χ1v) is 8.59. The lowest BCUT2D eigenvalue weighted by Gasteiger charge is -2.10. The quantitative estimate of drug-likeness (QED) is 0.613. The van der Waals surface area contributed by atoms with E-state index in [1.165, 1.54) is 19.2 Å². The van der Waals surface area contributed by atoms with Gasteiger partial charge in [0.2, 0.25) is 0 Å². The van der Waals surface area contributed by atoms with Crippen LogP contribution in [-0.2, 0) is 0 Å². The Morgan fingerprint density at radius 1 is 0.846 bits per heavy atom. The van der Waals surface area contributed by atoms with E-state index in [9.17, 15) is 0 Å². The second-order valence-corrected chi connectivity index (χ2v) is 6.44. The third-order valence-electron chi connectivity index (χ3n) is 4.60. The molecule has 0 bridgehead atoms. The summed E-state index contributed by atoms with van der Waals surface area (Å²) < 4.78 is 0. The topological polar surface area (TPSA) is 90.5 Å². The number of rotatable bonds is 3. The van der Waals surface area contributed by atoms with Gasteiger partial charge in [0.1, 0.15) is 11.8 Å². The van der Waals surface area contributed by atoms with Gasteiger partial charge in [-0.15, -0.1) is 0 Å². The highest BCUT2D eigenvalue weighted by Gasteiger charge is 2.25. The summed E-state index contributed by atoms with van der Waals surface area (Å²) in [7, 11) is 0. The molecule has 0 spiro atoms. The lowest BCUT2D eigenvalue weighted by Crippen LogP contribution is -1.98. The minimum atomic E-state index is 0.371. The molecule has 0 unspecified atom stereocenters. The van der Waals surface area contributed by atoms with Gasteiger partial charge in [-0.2, -0.15) is 0 Å². The van der Waals surface area contributed by atoms with Crippen molar-refractivity contribution in [3.63, 3.8) is 0 Å². The van der Waals surface area contributed by atoms with E-state index >= 15 is 0 Å². The molecule has 0 radical (unpaired) electrons. The third kappa shape index (κ3) is 2.56. The fraction of sp³-hybridized carbons (Fsp3) is 0.150. The largest absolute Gasteiger partial charge is 0.382 e. The van der Waals surface area contributed by atoms with Gasteiger partial charge < -0.3 is 5.73 Å². The van der Waals surface area contributed by atoms with Crippen molar-refractivity contribution in [3.8, 4) is 22.6 Å². The predicted octanol–water partition coefficient (Wildman–Crippen LogP) is 3.61. The van der Waals surface area contributed by atoms with Crippen LogP contribution in [0, 0.1) is 0 Å². The molecular formula is C20H16N6. The highest BCUT2D eigenvalue weighted by Crippen LogP contribution is 2.40. The summed E-state index contributed by atoms with van der Waals surface area (Å²) in [4.78, 5) is 22.3. The summed E-state index contributed by atoms with van der Waals surface area (Å²) in [6, 6.07) is 13.9. The standard InChI is InChI=1S/C20H16N6/c21-20-19-16(23-11-24-20)9-8-15(26-19)13-3-2-10-22-18(13)17-5-1-4-14(25-17)12-6-7-12/h1-5,8-12H,6-7H2,(H2,21,23,24). The van der Waals surface area contributed by atoms with E-state index in [1.807, 2.05) is 36.4 Å². The highest BCUT2D eigenvalue weighted by molar-refractivity contribution is 5.87. The van der Waals surface area contributed by atoms with E-state index in [0.29, 0.717) is 17.3 Å². The Labute approximate surface area is 150 Å². The summed E-state index contributed by atoms with van der Waals surface area (Å²) in [5.41, 5.74) is 11.8. The maximum absolute atomic E-state index is 5.97. The van der Waals surface area contributed by atoms with Crippen LogP contribution in [-0.4, -0.2) is 24.9 Å². The third-order valence-corrected chi connectivity index (χ3v) is 4.60. The summed E-state index contributed by atoms with van der Waals surface area (Å²) in [6.07, 6.45) is 5.67. The second kappa shape index (κ2) is 5.84. The van der Waals surface area contributed by atoms with Gasteiger partial charge in [0, 0.05) is 23.4 Å². The minimum absolute atomic E-state index is 0.371. The molecule has 6 nitrogen and oxygen atoms in total. The van der Waals surface area contributed by atoms with Crippen molar-refractivity contribution in [2.24, 2.45) is 0 Å². The summed E-state index contributed by atoms with van der Waals surface area (Å²) in [5.74, 6) is 0.967. The minimum Gasteiger partial charge on any atom is -0.382 e. The fourth-order valence-electron chi connectivity index (χ4n) is 3.11. The molecule has 4 aromatic rings. The second-order valence-electron chi connectivity index (χ2n) is 6.44. The lowest BCUT2D eigenvalue weighted by molar-refractivity contribution is 1.02. The number of aromatic nitrogens is 5. The number of hydrogen-bond donors (Lipinski definition) is 1. The molecule has 0 atom stereocenters. The van der Waals surface area contributed by atoms with E-state index in [4.69, 9.17) is 10.7 Å². The van der Waals surface area contributed by atoms with E-state index in [-0.39, 0.29) is 0 Å². The van der Waals surface area contributed by atoms with Crippen LogP contribution in [0.25, 0.3) is 33.7 Å².